The Balaban J connectivity index is 1.96. The molecular formula is C17H15NO3. The van der Waals surface area contributed by atoms with E-state index in [0.717, 1.165) is 24.8 Å². The Morgan fingerprint density at radius 2 is 1.95 bits per heavy atom. The number of hydrogen-bond acceptors (Lipinski definition) is 3. The number of carbonyl (C=O) groups is 1. The molecule has 0 saturated heterocycles. The molecule has 0 N–H and O–H groups in total. The second-order valence-electron chi connectivity index (χ2n) is 5.32. The van der Waals surface area contributed by atoms with Crippen LogP contribution >= 0.6 is 0 Å². The summed E-state index contributed by atoms with van der Waals surface area (Å²) in [6.45, 7) is 0. The normalized spacial score (nSPS) is 17.0. The molecule has 106 valence electrons. The molecule has 1 aliphatic rings. The molecule has 21 heavy (non-hydrogen) atoms. The van der Waals surface area contributed by atoms with Gasteiger partial charge in [0.25, 0.3) is 5.69 Å². The first kappa shape index (κ1) is 13.5. The number of aryl methyl sites for hydroxylation is 1. The molecule has 4 heteroatoms. The largest absolute Gasteiger partial charge is 0.293 e. The highest BCUT2D eigenvalue weighted by molar-refractivity contribution is 6.01. The Bertz CT molecular complexity index is 709. The topological polar surface area (TPSA) is 60.2 Å². The number of nitro groups is 1. The first-order chi connectivity index (χ1) is 10.2. The Morgan fingerprint density at radius 1 is 1.14 bits per heavy atom. The van der Waals surface area contributed by atoms with Crippen molar-refractivity contribution >= 4 is 11.5 Å². The van der Waals surface area contributed by atoms with E-state index in [9.17, 15) is 14.9 Å². The van der Waals surface area contributed by atoms with E-state index in [2.05, 4.69) is 6.07 Å². The number of rotatable bonds is 3. The summed E-state index contributed by atoms with van der Waals surface area (Å²) in [4.78, 5) is 23.1. The summed E-state index contributed by atoms with van der Waals surface area (Å²) in [5, 5.41) is 10.8. The van der Waals surface area contributed by atoms with Gasteiger partial charge < -0.3 is 0 Å². The minimum Gasteiger partial charge on any atom is -0.293 e. The van der Waals surface area contributed by atoms with Gasteiger partial charge >= 0.3 is 0 Å². The van der Waals surface area contributed by atoms with Crippen LogP contribution in [0, 0.1) is 10.1 Å². The van der Waals surface area contributed by atoms with Crippen LogP contribution in [0.1, 0.15) is 40.2 Å². The summed E-state index contributed by atoms with van der Waals surface area (Å²) in [5.74, 6) is -0.206. The Hall–Kier alpha value is -2.49. The molecule has 0 radical (unpaired) electrons. The van der Waals surface area contributed by atoms with E-state index < -0.39 is 4.92 Å². The number of Topliss-reactive ketones (excluding diaryl/α,β-unsaturated/α-hetero) is 1. The van der Waals surface area contributed by atoms with E-state index >= 15 is 0 Å². The molecule has 0 fully saturated rings. The lowest BCUT2D eigenvalue weighted by Gasteiger charge is -2.24. The molecule has 3 rings (SSSR count). The second kappa shape index (κ2) is 5.48. The van der Waals surface area contributed by atoms with Crippen LogP contribution in [0.4, 0.5) is 5.69 Å². The van der Waals surface area contributed by atoms with Crippen molar-refractivity contribution in [2.24, 2.45) is 0 Å². The Kier molecular flexibility index (Phi) is 3.52. The van der Waals surface area contributed by atoms with Gasteiger partial charge in [0.1, 0.15) is 0 Å². The molecule has 0 aromatic heterocycles. The van der Waals surface area contributed by atoms with Crippen LogP contribution in [-0.2, 0) is 6.42 Å². The number of hydrogen-bond donors (Lipinski definition) is 0. The maximum absolute atomic E-state index is 12.7. The van der Waals surface area contributed by atoms with E-state index in [1.165, 1.54) is 17.7 Å². The molecule has 0 bridgehead atoms. The van der Waals surface area contributed by atoms with Crippen molar-refractivity contribution in [1.29, 1.82) is 0 Å². The summed E-state index contributed by atoms with van der Waals surface area (Å²) in [6.07, 6.45) is 2.77. The average molecular weight is 281 g/mol. The molecule has 2 aromatic carbocycles. The predicted molar refractivity (Wildman–Crippen MR) is 79.5 cm³/mol. The first-order valence-corrected chi connectivity index (χ1v) is 7.03. The van der Waals surface area contributed by atoms with E-state index in [-0.39, 0.29) is 17.4 Å². The second-order valence-corrected chi connectivity index (χ2v) is 5.32. The molecule has 1 unspecified atom stereocenters. The van der Waals surface area contributed by atoms with E-state index in [1.54, 1.807) is 12.1 Å². The van der Waals surface area contributed by atoms with Crippen LogP contribution in [-0.4, -0.2) is 10.7 Å². The van der Waals surface area contributed by atoms with E-state index in [0.29, 0.717) is 5.56 Å². The molecule has 1 atom stereocenters. The Labute approximate surface area is 122 Å². The summed E-state index contributed by atoms with van der Waals surface area (Å²) in [7, 11) is 0. The van der Waals surface area contributed by atoms with Gasteiger partial charge in [0, 0.05) is 23.6 Å². The van der Waals surface area contributed by atoms with Gasteiger partial charge in [-0.25, -0.2) is 0 Å². The third-order valence-corrected chi connectivity index (χ3v) is 4.03. The number of fused-ring (bicyclic) bond motifs is 1. The highest BCUT2D eigenvalue weighted by atomic mass is 16.6. The highest BCUT2D eigenvalue weighted by Crippen LogP contribution is 2.34. The van der Waals surface area contributed by atoms with Gasteiger partial charge in [-0.15, -0.1) is 0 Å². The van der Waals surface area contributed by atoms with Gasteiger partial charge in [0.15, 0.2) is 5.78 Å². The third kappa shape index (κ3) is 2.57. The van der Waals surface area contributed by atoms with Crippen LogP contribution in [0.2, 0.25) is 0 Å². The number of ketones is 1. The van der Waals surface area contributed by atoms with Gasteiger partial charge in [0.05, 0.1) is 4.92 Å². The SMILES string of the molecule is O=C(c1cccc([N+](=O)[O-])c1)C1CCCc2ccccc21. The molecule has 1 aliphatic carbocycles. The van der Waals surface area contributed by atoms with Crippen molar-refractivity contribution in [3.63, 3.8) is 0 Å². The van der Waals surface area contributed by atoms with Crippen molar-refractivity contribution in [1.82, 2.24) is 0 Å². The minimum atomic E-state index is -0.467. The summed E-state index contributed by atoms with van der Waals surface area (Å²) in [6, 6.07) is 14.0. The first-order valence-electron chi connectivity index (χ1n) is 7.03. The lowest BCUT2D eigenvalue weighted by Crippen LogP contribution is -2.18. The number of non-ortho nitro benzene ring substituents is 1. The van der Waals surface area contributed by atoms with Crippen LogP contribution < -0.4 is 0 Å². The predicted octanol–water partition coefficient (Wildman–Crippen LogP) is 3.90. The number of benzene rings is 2. The smallest absolute Gasteiger partial charge is 0.270 e. The minimum absolute atomic E-state index is 0.0224. The molecule has 0 aliphatic heterocycles. The van der Waals surface area contributed by atoms with Crippen LogP contribution in [0.5, 0.6) is 0 Å². The van der Waals surface area contributed by atoms with E-state index in [4.69, 9.17) is 0 Å². The Morgan fingerprint density at radius 3 is 2.76 bits per heavy atom. The van der Waals surface area contributed by atoms with Crippen molar-refractivity contribution in [2.75, 3.05) is 0 Å². The summed E-state index contributed by atoms with van der Waals surface area (Å²) < 4.78 is 0. The fraction of sp³-hybridized carbons (Fsp3) is 0.235. The molecule has 0 amide bonds. The van der Waals surface area contributed by atoms with Crippen LogP contribution in [0.25, 0.3) is 0 Å². The molecule has 0 spiro atoms. The maximum atomic E-state index is 12.7. The molecule has 0 saturated carbocycles. The van der Waals surface area contributed by atoms with Gasteiger partial charge in [-0.2, -0.15) is 0 Å². The number of nitrogens with zero attached hydrogens (tertiary/aromatic N) is 1. The van der Waals surface area contributed by atoms with Crippen molar-refractivity contribution in [3.8, 4) is 0 Å². The van der Waals surface area contributed by atoms with Gasteiger partial charge in [0.2, 0.25) is 0 Å². The van der Waals surface area contributed by atoms with Crippen molar-refractivity contribution in [2.45, 2.75) is 25.2 Å². The number of nitro benzene ring substituents is 1. The zero-order chi connectivity index (χ0) is 14.8. The van der Waals surface area contributed by atoms with Gasteiger partial charge in [-0.1, -0.05) is 36.4 Å². The monoisotopic (exact) mass is 281 g/mol. The molecule has 0 heterocycles. The van der Waals surface area contributed by atoms with Gasteiger partial charge in [-0.3, -0.25) is 14.9 Å². The third-order valence-electron chi connectivity index (χ3n) is 4.03. The summed E-state index contributed by atoms with van der Waals surface area (Å²) >= 11 is 0. The quantitative estimate of drug-likeness (QED) is 0.487. The number of carbonyl (C=O) groups excluding carboxylic acids is 1. The molecule has 2 aromatic rings. The zero-order valence-electron chi connectivity index (χ0n) is 11.5. The molecular weight excluding hydrogens is 266 g/mol. The van der Waals surface area contributed by atoms with Crippen molar-refractivity contribution in [3.05, 3.63) is 75.3 Å². The van der Waals surface area contributed by atoms with Crippen LogP contribution in [0.15, 0.2) is 48.5 Å². The van der Waals surface area contributed by atoms with Crippen molar-refractivity contribution < 1.29 is 9.72 Å². The van der Waals surface area contributed by atoms with Gasteiger partial charge in [-0.05, 0) is 30.4 Å². The average Bonchev–Trinajstić information content (AvgIpc) is 2.53. The zero-order valence-corrected chi connectivity index (χ0v) is 11.5. The maximum Gasteiger partial charge on any atom is 0.270 e. The van der Waals surface area contributed by atoms with E-state index in [1.807, 2.05) is 18.2 Å². The van der Waals surface area contributed by atoms with Crippen LogP contribution in [0.3, 0.4) is 0 Å². The lowest BCUT2D eigenvalue weighted by atomic mass is 9.79. The fourth-order valence-electron chi connectivity index (χ4n) is 3.00. The molecule has 4 nitrogen and oxygen atoms in total. The standard InChI is InChI=1S/C17H15NO3/c19-17(13-7-3-8-14(11-13)18(20)21)16-10-4-6-12-5-1-2-9-15(12)16/h1-3,5,7-9,11,16H,4,6,10H2. The summed E-state index contributed by atoms with van der Waals surface area (Å²) in [5.41, 5.74) is 2.67. The highest BCUT2D eigenvalue weighted by Gasteiger charge is 2.27. The fourth-order valence-corrected chi connectivity index (χ4v) is 3.00. The lowest BCUT2D eigenvalue weighted by molar-refractivity contribution is -0.384.